The van der Waals surface area contributed by atoms with E-state index >= 15 is 0 Å². The van der Waals surface area contributed by atoms with E-state index in [-0.39, 0.29) is 11.5 Å². The first-order chi connectivity index (χ1) is 8.70. The van der Waals surface area contributed by atoms with E-state index < -0.39 is 27.8 Å². The summed E-state index contributed by atoms with van der Waals surface area (Å²) in [4.78, 5) is -0.271. The van der Waals surface area contributed by atoms with E-state index in [0.717, 1.165) is 12.1 Å². The molecule has 0 aliphatic rings. The summed E-state index contributed by atoms with van der Waals surface area (Å²) >= 11 is 0. The number of hydrogen-bond acceptors (Lipinski definition) is 3. The Kier molecular flexibility index (Phi) is 4.94. The fourth-order valence-electron chi connectivity index (χ4n) is 1.36. The molecule has 0 saturated carbocycles. The third kappa shape index (κ3) is 4.19. The lowest BCUT2D eigenvalue weighted by atomic mass is 10.2. The van der Waals surface area contributed by atoms with Crippen LogP contribution in [0.15, 0.2) is 29.2 Å². The van der Waals surface area contributed by atoms with Crippen LogP contribution < -0.4 is 4.72 Å². The van der Waals surface area contributed by atoms with Gasteiger partial charge in [0.05, 0.1) is 17.1 Å². The summed E-state index contributed by atoms with van der Waals surface area (Å²) in [6, 6.07) is 2.51. The topological polar surface area (TPSA) is 66.4 Å². The van der Waals surface area contributed by atoms with Gasteiger partial charge >= 0.3 is 6.18 Å². The Bertz CT molecular complexity index is 507. The molecule has 0 heterocycles. The van der Waals surface area contributed by atoms with Crippen LogP contribution in [0.2, 0.25) is 0 Å². The normalized spacial score (nSPS) is 14.4. The Labute approximate surface area is 109 Å². The average Bonchev–Trinajstić information content (AvgIpc) is 2.35. The van der Waals surface area contributed by atoms with Gasteiger partial charge in [0.1, 0.15) is 0 Å². The van der Waals surface area contributed by atoms with E-state index in [1.807, 2.05) is 0 Å². The third-order valence-electron chi connectivity index (χ3n) is 2.53. The number of benzene rings is 1. The molecule has 0 spiro atoms. The van der Waals surface area contributed by atoms with Crippen LogP contribution in [-0.4, -0.2) is 26.2 Å². The number of sulfonamides is 1. The van der Waals surface area contributed by atoms with Crippen LogP contribution in [0.1, 0.15) is 18.9 Å². The van der Waals surface area contributed by atoms with Crippen LogP contribution in [0.3, 0.4) is 0 Å². The second-order valence-corrected chi connectivity index (χ2v) is 5.65. The van der Waals surface area contributed by atoms with Gasteiger partial charge in [0.15, 0.2) is 0 Å². The monoisotopic (exact) mass is 297 g/mol. The molecule has 1 aromatic carbocycles. The minimum absolute atomic E-state index is 0.271. The smallest absolute Gasteiger partial charge is 0.395 e. The highest BCUT2D eigenvalue weighted by Gasteiger charge is 2.30. The minimum atomic E-state index is -4.51. The minimum Gasteiger partial charge on any atom is -0.395 e. The van der Waals surface area contributed by atoms with Gasteiger partial charge in [-0.05, 0) is 30.7 Å². The van der Waals surface area contributed by atoms with Gasteiger partial charge in [-0.2, -0.15) is 13.2 Å². The quantitative estimate of drug-likeness (QED) is 0.870. The van der Waals surface area contributed by atoms with Crippen molar-refractivity contribution in [1.29, 1.82) is 0 Å². The first-order valence-corrected chi connectivity index (χ1v) is 6.99. The second-order valence-electron chi connectivity index (χ2n) is 3.93. The molecule has 0 unspecified atom stereocenters. The molecule has 0 aliphatic heterocycles. The molecule has 0 fully saturated rings. The number of halogens is 3. The van der Waals surface area contributed by atoms with Crippen molar-refractivity contribution in [3.63, 3.8) is 0 Å². The molecule has 0 aliphatic carbocycles. The number of nitrogens with one attached hydrogen (secondary N) is 1. The zero-order valence-corrected chi connectivity index (χ0v) is 10.9. The van der Waals surface area contributed by atoms with Gasteiger partial charge in [0.2, 0.25) is 10.0 Å². The molecular weight excluding hydrogens is 283 g/mol. The van der Waals surface area contributed by atoms with Gasteiger partial charge in [-0.25, -0.2) is 13.1 Å². The predicted octanol–water partition coefficient (Wildman–Crippen LogP) is 1.75. The highest BCUT2D eigenvalue weighted by atomic mass is 32.2. The van der Waals surface area contributed by atoms with Crippen LogP contribution in [0.25, 0.3) is 0 Å². The molecular formula is C11H14F3NO3S. The molecule has 0 aromatic heterocycles. The molecule has 0 radical (unpaired) electrons. The molecule has 0 amide bonds. The van der Waals surface area contributed by atoms with Gasteiger partial charge in [0, 0.05) is 6.04 Å². The van der Waals surface area contributed by atoms with Crippen molar-refractivity contribution in [2.45, 2.75) is 30.5 Å². The lowest BCUT2D eigenvalue weighted by molar-refractivity contribution is -0.137. The van der Waals surface area contributed by atoms with Crippen LogP contribution in [0.4, 0.5) is 13.2 Å². The van der Waals surface area contributed by atoms with E-state index in [2.05, 4.69) is 4.72 Å². The van der Waals surface area contributed by atoms with Gasteiger partial charge < -0.3 is 5.11 Å². The molecule has 8 heteroatoms. The summed E-state index contributed by atoms with van der Waals surface area (Å²) in [5, 5.41) is 8.91. The molecule has 108 valence electrons. The Morgan fingerprint density at radius 2 is 1.79 bits per heavy atom. The van der Waals surface area contributed by atoms with E-state index in [1.54, 1.807) is 6.92 Å². The maximum Gasteiger partial charge on any atom is 0.416 e. The van der Waals surface area contributed by atoms with Crippen LogP contribution >= 0.6 is 0 Å². The fourth-order valence-corrected chi connectivity index (χ4v) is 2.67. The molecule has 19 heavy (non-hydrogen) atoms. The molecule has 4 nitrogen and oxygen atoms in total. The average molecular weight is 297 g/mol. The number of hydrogen-bond donors (Lipinski definition) is 2. The lowest BCUT2D eigenvalue weighted by Crippen LogP contribution is -2.36. The maximum absolute atomic E-state index is 12.3. The molecule has 0 saturated heterocycles. The standard InChI is InChI=1S/C11H14F3NO3S/c1-2-9(7-16)15-19(17,18)10-5-3-8(4-6-10)11(12,13)14/h3-6,9,15-16H,2,7H2,1H3/t9-/m0/s1. The lowest BCUT2D eigenvalue weighted by Gasteiger charge is -2.14. The van der Waals surface area contributed by atoms with E-state index in [4.69, 9.17) is 5.11 Å². The van der Waals surface area contributed by atoms with E-state index in [0.29, 0.717) is 18.6 Å². The molecule has 1 atom stereocenters. The number of aliphatic hydroxyl groups is 1. The summed E-state index contributed by atoms with van der Waals surface area (Å²) in [6.45, 7) is 1.30. The van der Waals surface area contributed by atoms with Crippen molar-refractivity contribution >= 4 is 10.0 Å². The Hall–Kier alpha value is -1.12. The molecule has 0 bridgehead atoms. The second kappa shape index (κ2) is 5.89. The summed E-state index contributed by atoms with van der Waals surface area (Å²) in [7, 11) is -3.92. The summed E-state index contributed by atoms with van der Waals surface area (Å²) in [5.41, 5.74) is -0.916. The number of alkyl halides is 3. The van der Waals surface area contributed by atoms with Gasteiger partial charge in [-0.1, -0.05) is 6.92 Å². The highest BCUT2D eigenvalue weighted by Crippen LogP contribution is 2.29. The fraction of sp³-hybridized carbons (Fsp3) is 0.455. The Morgan fingerprint density at radius 3 is 2.16 bits per heavy atom. The first kappa shape index (κ1) is 15.9. The summed E-state index contributed by atoms with van der Waals surface area (Å²) < 4.78 is 62.9. The zero-order valence-electron chi connectivity index (χ0n) is 10.1. The van der Waals surface area contributed by atoms with Crippen molar-refractivity contribution in [3.8, 4) is 0 Å². The summed E-state index contributed by atoms with van der Waals surface area (Å²) in [6.07, 6.45) is -4.14. The largest absolute Gasteiger partial charge is 0.416 e. The summed E-state index contributed by atoms with van der Waals surface area (Å²) in [5.74, 6) is 0. The molecule has 1 rings (SSSR count). The van der Waals surface area contributed by atoms with Crippen molar-refractivity contribution in [3.05, 3.63) is 29.8 Å². The SMILES string of the molecule is CC[C@@H](CO)NS(=O)(=O)c1ccc(C(F)(F)F)cc1. The van der Waals surface area contributed by atoms with Crippen molar-refractivity contribution in [2.24, 2.45) is 0 Å². The van der Waals surface area contributed by atoms with Crippen molar-refractivity contribution in [2.75, 3.05) is 6.61 Å². The van der Waals surface area contributed by atoms with Gasteiger partial charge in [-0.15, -0.1) is 0 Å². The zero-order chi connectivity index (χ0) is 14.7. The molecule has 1 aromatic rings. The van der Waals surface area contributed by atoms with Crippen molar-refractivity contribution in [1.82, 2.24) is 4.72 Å². The van der Waals surface area contributed by atoms with E-state index in [9.17, 15) is 21.6 Å². The Morgan fingerprint density at radius 1 is 1.26 bits per heavy atom. The van der Waals surface area contributed by atoms with Crippen molar-refractivity contribution < 1.29 is 26.7 Å². The third-order valence-corrected chi connectivity index (χ3v) is 4.06. The predicted molar refractivity (Wildman–Crippen MR) is 62.9 cm³/mol. The first-order valence-electron chi connectivity index (χ1n) is 5.51. The maximum atomic E-state index is 12.3. The van der Waals surface area contributed by atoms with E-state index in [1.165, 1.54) is 0 Å². The van der Waals surface area contributed by atoms with Crippen LogP contribution in [0, 0.1) is 0 Å². The number of rotatable bonds is 5. The Balaban J connectivity index is 2.97. The highest BCUT2D eigenvalue weighted by molar-refractivity contribution is 7.89. The number of aliphatic hydroxyl groups excluding tert-OH is 1. The van der Waals surface area contributed by atoms with Gasteiger partial charge in [0.25, 0.3) is 0 Å². The van der Waals surface area contributed by atoms with Gasteiger partial charge in [-0.3, -0.25) is 0 Å². The van der Waals surface area contributed by atoms with Crippen LogP contribution in [-0.2, 0) is 16.2 Å². The van der Waals surface area contributed by atoms with Crippen LogP contribution in [0.5, 0.6) is 0 Å². The molecule has 2 N–H and O–H groups in total.